The molecule has 1 N–H and O–H groups in total. The summed E-state index contributed by atoms with van der Waals surface area (Å²) in [5.74, 6) is 0. The van der Waals surface area contributed by atoms with Crippen molar-refractivity contribution in [2.24, 2.45) is 0 Å². The first-order valence-electron chi connectivity index (χ1n) is 6.99. The average Bonchev–Trinajstić information content (AvgIpc) is 2.79. The number of benzene rings is 1. The Morgan fingerprint density at radius 1 is 0.842 bits per heavy atom. The molecule has 0 aliphatic heterocycles. The normalized spacial score (nSPS) is 17.7. The van der Waals surface area contributed by atoms with E-state index in [0.29, 0.717) is 0 Å². The maximum absolute atomic E-state index is 3.88. The maximum atomic E-state index is 3.88. The summed E-state index contributed by atoms with van der Waals surface area (Å²) in [6.45, 7) is 12.4. The van der Waals surface area contributed by atoms with Gasteiger partial charge in [0.15, 0.2) is 8.24 Å². The molecule has 1 nitrogen and oxygen atoms in total. The minimum Gasteiger partial charge on any atom is -0.410 e. The highest BCUT2D eigenvalue weighted by molar-refractivity contribution is 7.02. The van der Waals surface area contributed by atoms with E-state index in [1.807, 2.05) is 0 Å². The van der Waals surface area contributed by atoms with E-state index >= 15 is 0 Å². The lowest BCUT2D eigenvalue weighted by Gasteiger charge is -2.49. The molecule has 0 unspecified atom stereocenters. The molecule has 3 heteroatoms. The van der Waals surface area contributed by atoms with Crippen molar-refractivity contribution in [1.29, 1.82) is 0 Å². The molecule has 0 amide bonds. The van der Waals surface area contributed by atoms with Gasteiger partial charge >= 0.3 is 0 Å². The van der Waals surface area contributed by atoms with Crippen LogP contribution in [-0.4, -0.2) is 16.3 Å². The predicted octanol–water partition coefficient (Wildman–Crippen LogP) is 5.05. The van der Waals surface area contributed by atoms with Gasteiger partial charge in [0, 0.05) is 10.3 Å². The third-order valence-corrected chi connectivity index (χ3v) is 14.6. The highest BCUT2D eigenvalue weighted by Crippen LogP contribution is 2.51. The van der Waals surface area contributed by atoms with E-state index in [1.54, 1.807) is 0 Å². The standard InChI is InChI=1S/C16H25NSi2/c1-18(2,3)16(13-9-10-14-16)19(4,5)17-15-11-7-6-8-12-15/h6-14,17H,1-5H3. The summed E-state index contributed by atoms with van der Waals surface area (Å²) in [7, 11) is -3.00. The Morgan fingerprint density at radius 3 is 1.84 bits per heavy atom. The largest absolute Gasteiger partial charge is 0.410 e. The zero-order valence-corrected chi connectivity index (χ0v) is 14.7. The van der Waals surface area contributed by atoms with E-state index in [4.69, 9.17) is 0 Å². The summed E-state index contributed by atoms with van der Waals surface area (Å²) < 4.78 is 0.288. The molecule has 1 aliphatic carbocycles. The van der Waals surface area contributed by atoms with E-state index < -0.39 is 16.3 Å². The van der Waals surface area contributed by atoms with Gasteiger partial charge in [-0.25, -0.2) is 0 Å². The first-order valence-corrected chi connectivity index (χ1v) is 13.5. The minimum absolute atomic E-state index is 0.288. The third-order valence-electron chi connectivity index (χ3n) is 4.34. The van der Waals surface area contributed by atoms with Crippen LogP contribution in [0.3, 0.4) is 0 Å². The highest BCUT2D eigenvalue weighted by Gasteiger charge is 2.53. The van der Waals surface area contributed by atoms with Gasteiger partial charge < -0.3 is 4.98 Å². The van der Waals surface area contributed by atoms with E-state index in [0.717, 1.165) is 0 Å². The first-order chi connectivity index (χ1) is 8.79. The fourth-order valence-corrected chi connectivity index (χ4v) is 14.3. The number of allylic oxidation sites excluding steroid dienone is 4. The van der Waals surface area contributed by atoms with Gasteiger partial charge in [-0.1, -0.05) is 75.2 Å². The van der Waals surface area contributed by atoms with Gasteiger partial charge in [0.05, 0.1) is 8.07 Å². The SMILES string of the molecule is C[Si](C)(C)C1([Si](C)(C)Nc2ccccc2)C=CC=C1. The molecular weight excluding hydrogens is 262 g/mol. The van der Waals surface area contributed by atoms with Crippen molar-refractivity contribution in [3.63, 3.8) is 0 Å². The van der Waals surface area contributed by atoms with Crippen molar-refractivity contribution in [3.05, 3.63) is 54.6 Å². The molecule has 0 atom stereocenters. The molecule has 0 saturated carbocycles. The van der Waals surface area contributed by atoms with Gasteiger partial charge in [0.1, 0.15) is 0 Å². The summed E-state index contributed by atoms with van der Waals surface area (Å²) >= 11 is 0. The summed E-state index contributed by atoms with van der Waals surface area (Å²) in [5, 5.41) is 0. The summed E-state index contributed by atoms with van der Waals surface area (Å²) in [4.78, 5) is 3.88. The first kappa shape index (κ1) is 14.3. The van der Waals surface area contributed by atoms with Crippen molar-refractivity contribution < 1.29 is 0 Å². The molecule has 1 aromatic carbocycles. The second kappa shape index (κ2) is 4.80. The van der Waals surface area contributed by atoms with Crippen molar-refractivity contribution in [2.45, 2.75) is 37.4 Å². The predicted molar refractivity (Wildman–Crippen MR) is 91.9 cm³/mol. The number of hydrogen-bond donors (Lipinski definition) is 1. The Balaban J connectivity index is 2.37. The van der Waals surface area contributed by atoms with E-state index in [-0.39, 0.29) is 4.66 Å². The second-order valence-electron chi connectivity index (χ2n) is 6.95. The van der Waals surface area contributed by atoms with Crippen LogP contribution in [0, 0.1) is 0 Å². The molecule has 0 saturated heterocycles. The quantitative estimate of drug-likeness (QED) is 0.764. The Hall–Kier alpha value is -1.07. The van der Waals surface area contributed by atoms with Crippen LogP contribution in [0.5, 0.6) is 0 Å². The van der Waals surface area contributed by atoms with Crippen LogP contribution >= 0.6 is 0 Å². The van der Waals surface area contributed by atoms with Gasteiger partial charge in [-0.3, -0.25) is 0 Å². The topological polar surface area (TPSA) is 12.0 Å². The van der Waals surface area contributed by atoms with Crippen molar-refractivity contribution in [3.8, 4) is 0 Å². The zero-order chi connectivity index (χ0) is 14.1. The second-order valence-corrected chi connectivity index (χ2v) is 17.1. The van der Waals surface area contributed by atoms with Crippen LogP contribution < -0.4 is 4.98 Å². The fourth-order valence-electron chi connectivity index (χ4n) is 3.31. The summed E-state index contributed by atoms with van der Waals surface area (Å²) in [6.07, 6.45) is 9.39. The lowest BCUT2D eigenvalue weighted by Crippen LogP contribution is -2.58. The van der Waals surface area contributed by atoms with Gasteiger partial charge in [0.25, 0.3) is 0 Å². The molecule has 2 rings (SSSR count). The number of nitrogens with one attached hydrogen (secondary N) is 1. The lowest BCUT2D eigenvalue weighted by molar-refractivity contribution is 1.09. The Bertz CT molecular complexity index is 483. The molecule has 1 aromatic rings. The summed E-state index contributed by atoms with van der Waals surface area (Å²) in [6, 6.07) is 10.6. The Morgan fingerprint density at radius 2 is 1.37 bits per heavy atom. The van der Waals surface area contributed by atoms with Crippen molar-refractivity contribution in [2.75, 3.05) is 4.98 Å². The molecule has 0 spiro atoms. The smallest absolute Gasteiger partial charge is 0.158 e. The Kier molecular flexibility index (Phi) is 3.62. The fraction of sp³-hybridized carbons (Fsp3) is 0.375. The molecule has 102 valence electrons. The molecule has 1 aliphatic rings. The van der Waals surface area contributed by atoms with Crippen LogP contribution in [0.2, 0.25) is 37.4 Å². The molecule has 0 bridgehead atoms. The van der Waals surface area contributed by atoms with Gasteiger partial charge in [0.2, 0.25) is 0 Å². The molecule has 0 heterocycles. The molecule has 0 fully saturated rings. The van der Waals surface area contributed by atoms with Crippen LogP contribution in [0.25, 0.3) is 0 Å². The van der Waals surface area contributed by atoms with Crippen molar-refractivity contribution >= 4 is 22.0 Å². The van der Waals surface area contributed by atoms with E-state index in [1.165, 1.54) is 5.69 Å². The monoisotopic (exact) mass is 287 g/mol. The van der Waals surface area contributed by atoms with Gasteiger partial charge in [-0.05, 0) is 12.1 Å². The maximum Gasteiger partial charge on any atom is 0.158 e. The minimum atomic E-state index is -1.66. The van der Waals surface area contributed by atoms with Crippen LogP contribution in [0.4, 0.5) is 5.69 Å². The lowest BCUT2D eigenvalue weighted by atomic mass is 10.3. The van der Waals surface area contributed by atoms with Crippen LogP contribution in [-0.2, 0) is 0 Å². The number of hydrogen-bond acceptors (Lipinski definition) is 1. The summed E-state index contributed by atoms with van der Waals surface area (Å²) in [5.41, 5.74) is 1.26. The van der Waals surface area contributed by atoms with E-state index in [9.17, 15) is 0 Å². The van der Waals surface area contributed by atoms with E-state index in [2.05, 4.69) is 92.4 Å². The number of para-hydroxylation sites is 1. The number of rotatable bonds is 4. The molecule has 0 aromatic heterocycles. The average molecular weight is 288 g/mol. The van der Waals surface area contributed by atoms with Crippen LogP contribution in [0.15, 0.2) is 54.6 Å². The van der Waals surface area contributed by atoms with Gasteiger partial charge in [-0.2, -0.15) is 0 Å². The molecule has 19 heavy (non-hydrogen) atoms. The molecular formula is C16H25NSi2. The van der Waals surface area contributed by atoms with Gasteiger partial charge in [-0.15, -0.1) is 0 Å². The highest BCUT2D eigenvalue weighted by atomic mass is 28.4. The molecule has 0 radical (unpaired) electrons. The Labute approximate surface area is 119 Å². The zero-order valence-electron chi connectivity index (χ0n) is 12.7. The van der Waals surface area contributed by atoms with Crippen LogP contribution in [0.1, 0.15) is 0 Å². The third kappa shape index (κ3) is 2.49. The van der Waals surface area contributed by atoms with Crippen molar-refractivity contribution in [1.82, 2.24) is 0 Å². The number of anilines is 1.